The number of aryl methyl sites for hydroxylation is 1. The van der Waals surface area contributed by atoms with E-state index in [4.69, 9.17) is 5.73 Å². The molecule has 0 radical (unpaired) electrons. The van der Waals surface area contributed by atoms with Crippen molar-refractivity contribution >= 4 is 36.3 Å². The van der Waals surface area contributed by atoms with Crippen LogP contribution in [-0.4, -0.2) is 54.1 Å². The minimum Gasteiger partial charge on any atom is -0.353 e. The number of thiol groups is 1. The number of nitrogens with two attached hydrogens (primary N) is 1. The van der Waals surface area contributed by atoms with Crippen LogP contribution in [0.2, 0.25) is 0 Å². The van der Waals surface area contributed by atoms with Gasteiger partial charge in [-0.15, -0.1) is 0 Å². The Morgan fingerprint density at radius 3 is 2.05 bits per heavy atom. The van der Waals surface area contributed by atoms with Gasteiger partial charge >= 0.3 is 0 Å². The highest BCUT2D eigenvalue weighted by Gasteiger charge is 2.29. The van der Waals surface area contributed by atoms with Gasteiger partial charge in [-0.2, -0.15) is 12.6 Å². The van der Waals surface area contributed by atoms with E-state index in [0.717, 1.165) is 16.7 Å². The first kappa shape index (κ1) is 30.9. The maximum absolute atomic E-state index is 13.3. The average molecular weight is 542 g/mol. The Hall–Kier alpha value is -3.37. The van der Waals surface area contributed by atoms with Crippen molar-refractivity contribution in [3.63, 3.8) is 0 Å². The molecule has 3 atom stereocenters. The maximum Gasteiger partial charge on any atom is 0.243 e. The summed E-state index contributed by atoms with van der Waals surface area (Å²) in [6.07, 6.45) is 0.625. The molecule has 9 nitrogen and oxygen atoms in total. The molecule has 10 heteroatoms. The largest absolute Gasteiger partial charge is 0.353 e. The van der Waals surface area contributed by atoms with Crippen molar-refractivity contribution in [3.8, 4) is 0 Å². The van der Waals surface area contributed by atoms with Crippen LogP contribution in [0.5, 0.6) is 0 Å². The first-order chi connectivity index (χ1) is 18.1. The van der Waals surface area contributed by atoms with Crippen molar-refractivity contribution in [3.05, 3.63) is 71.3 Å². The predicted octanol–water partition coefficient (Wildman–Crippen LogP) is 1.24. The number of hydrogen-bond donors (Lipinski definition) is 6. The third kappa shape index (κ3) is 10.9. The Balaban J connectivity index is 2.12. The van der Waals surface area contributed by atoms with E-state index < -0.39 is 29.9 Å². The fraction of sp³-hybridized carbons (Fsp3) is 0.429. The van der Waals surface area contributed by atoms with Crippen molar-refractivity contribution in [2.75, 3.05) is 12.3 Å². The molecule has 2 aromatic rings. The Kier molecular flexibility index (Phi) is 12.8. The normalized spacial score (nSPS) is 13.2. The zero-order chi connectivity index (χ0) is 28.1. The molecule has 0 fully saturated rings. The van der Waals surface area contributed by atoms with Crippen molar-refractivity contribution in [2.24, 2.45) is 11.7 Å². The monoisotopic (exact) mass is 541 g/mol. The second-order valence-electron chi connectivity index (χ2n) is 9.71. The first-order valence-corrected chi connectivity index (χ1v) is 13.3. The van der Waals surface area contributed by atoms with Crippen molar-refractivity contribution < 1.29 is 19.2 Å². The number of amides is 4. The summed E-state index contributed by atoms with van der Waals surface area (Å²) < 4.78 is 0. The Labute approximate surface area is 230 Å². The molecule has 38 heavy (non-hydrogen) atoms. The molecule has 0 aromatic heterocycles. The second kappa shape index (κ2) is 15.8. The number of carbonyl (C=O) groups excluding carboxylic acids is 4. The van der Waals surface area contributed by atoms with Gasteiger partial charge in [-0.1, -0.05) is 74.0 Å². The number of benzene rings is 2. The van der Waals surface area contributed by atoms with Crippen LogP contribution in [0.3, 0.4) is 0 Å². The average Bonchev–Trinajstić information content (AvgIpc) is 2.90. The molecular formula is C28H39N5O4S. The molecule has 6 N–H and O–H groups in total. The minimum atomic E-state index is -1.04. The Morgan fingerprint density at radius 1 is 0.816 bits per heavy atom. The summed E-state index contributed by atoms with van der Waals surface area (Å²) >= 11 is 3.87. The number of rotatable bonds is 14. The summed E-state index contributed by atoms with van der Waals surface area (Å²) in [6, 6.07) is 14.4. The number of nitrogens with one attached hydrogen (secondary N) is 4. The van der Waals surface area contributed by atoms with Gasteiger partial charge in [-0.25, -0.2) is 0 Å². The molecule has 4 amide bonds. The summed E-state index contributed by atoms with van der Waals surface area (Å²) in [5, 5.41) is 10.9. The van der Waals surface area contributed by atoms with Crippen LogP contribution in [0.25, 0.3) is 0 Å². The maximum atomic E-state index is 13.3. The molecule has 0 aliphatic heterocycles. The quantitative estimate of drug-likeness (QED) is 0.200. The minimum absolute atomic E-state index is 0.0263. The lowest BCUT2D eigenvalue weighted by Crippen LogP contribution is -2.57. The van der Waals surface area contributed by atoms with Crippen LogP contribution in [0.4, 0.5) is 0 Å². The number of carbonyl (C=O) groups is 4. The van der Waals surface area contributed by atoms with Crippen LogP contribution < -0.4 is 27.0 Å². The summed E-state index contributed by atoms with van der Waals surface area (Å²) in [4.78, 5) is 50.6. The zero-order valence-electron chi connectivity index (χ0n) is 22.2. The highest BCUT2D eigenvalue weighted by molar-refractivity contribution is 7.81. The molecule has 0 saturated carbocycles. The first-order valence-electron chi connectivity index (χ1n) is 12.7. The van der Waals surface area contributed by atoms with Gasteiger partial charge < -0.3 is 27.0 Å². The van der Waals surface area contributed by atoms with Crippen molar-refractivity contribution in [1.29, 1.82) is 0 Å². The van der Waals surface area contributed by atoms with E-state index in [1.54, 1.807) is 0 Å². The van der Waals surface area contributed by atoms with Crippen LogP contribution >= 0.6 is 12.6 Å². The summed E-state index contributed by atoms with van der Waals surface area (Å²) in [5.74, 6) is -1.69. The van der Waals surface area contributed by atoms with Gasteiger partial charge in [-0.3, -0.25) is 19.2 Å². The molecule has 0 bridgehead atoms. The second-order valence-corrected chi connectivity index (χ2v) is 10.0. The Bertz CT molecular complexity index is 1060. The fourth-order valence-electron chi connectivity index (χ4n) is 3.70. The SMILES string of the molecule is Cc1ccc(CNC(=O)[C@@H](Cc2ccccc2)NC(=O)[C@H](CC(C)C)NC(=O)[C@@H](N)CNC(=O)CS)cc1. The van der Waals surface area contributed by atoms with Gasteiger partial charge in [0.25, 0.3) is 0 Å². The molecule has 206 valence electrons. The lowest BCUT2D eigenvalue weighted by Gasteiger charge is -2.25. The lowest BCUT2D eigenvalue weighted by atomic mass is 10.0. The summed E-state index contributed by atoms with van der Waals surface area (Å²) in [5.41, 5.74) is 8.86. The molecule has 2 aromatic carbocycles. The van der Waals surface area contributed by atoms with E-state index in [1.807, 2.05) is 75.4 Å². The van der Waals surface area contributed by atoms with Crippen molar-refractivity contribution in [1.82, 2.24) is 21.3 Å². The molecule has 0 heterocycles. The molecule has 2 rings (SSSR count). The summed E-state index contributed by atoms with van der Waals surface area (Å²) in [6.45, 7) is 6.08. The van der Waals surface area contributed by atoms with Gasteiger partial charge in [-0.05, 0) is 30.4 Å². The highest BCUT2D eigenvalue weighted by Crippen LogP contribution is 2.09. The van der Waals surface area contributed by atoms with Gasteiger partial charge in [0.2, 0.25) is 23.6 Å². The molecule has 0 spiro atoms. The van der Waals surface area contributed by atoms with E-state index in [9.17, 15) is 19.2 Å². The molecule has 0 aliphatic rings. The van der Waals surface area contributed by atoms with Gasteiger partial charge in [0.1, 0.15) is 18.1 Å². The van der Waals surface area contributed by atoms with E-state index >= 15 is 0 Å². The standard InChI is InChI=1S/C28H39N5O4S/c1-18(2)13-23(32-26(35)22(29)16-30-25(34)17-38)28(37)33-24(14-20-7-5-4-6-8-20)27(36)31-15-21-11-9-19(3)10-12-21/h4-12,18,22-24,38H,13-17,29H2,1-3H3,(H,30,34)(H,31,36)(H,32,35)(H,33,37)/t22-,23-,24+/m0/s1. The van der Waals surface area contributed by atoms with E-state index in [2.05, 4.69) is 33.9 Å². The smallest absolute Gasteiger partial charge is 0.243 e. The van der Waals surface area contributed by atoms with E-state index in [0.29, 0.717) is 13.0 Å². The summed E-state index contributed by atoms with van der Waals surface area (Å²) in [7, 11) is 0. The third-order valence-corrected chi connectivity index (χ3v) is 6.13. The van der Waals surface area contributed by atoms with Crippen molar-refractivity contribution in [2.45, 2.75) is 58.3 Å². The van der Waals surface area contributed by atoms with Crippen LogP contribution in [0, 0.1) is 12.8 Å². The van der Waals surface area contributed by atoms with Crippen LogP contribution in [-0.2, 0) is 32.1 Å². The van der Waals surface area contributed by atoms with Gasteiger partial charge in [0, 0.05) is 19.5 Å². The lowest BCUT2D eigenvalue weighted by molar-refractivity contribution is -0.132. The molecular weight excluding hydrogens is 502 g/mol. The topological polar surface area (TPSA) is 142 Å². The van der Waals surface area contributed by atoms with Crippen LogP contribution in [0.1, 0.15) is 37.0 Å². The molecule has 0 saturated heterocycles. The van der Waals surface area contributed by atoms with E-state index in [1.165, 1.54) is 0 Å². The highest BCUT2D eigenvalue weighted by atomic mass is 32.1. The van der Waals surface area contributed by atoms with Crippen LogP contribution in [0.15, 0.2) is 54.6 Å². The van der Waals surface area contributed by atoms with E-state index in [-0.39, 0.29) is 36.5 Å². The molecule has 0 unspecified atom stereocenters. The van der Waals surface area contributed by atoms with Gasteiger partial charge in [0.05, 0.1) is 5.75 Å². The predicted molar refractivity (Wildman–Crippen MR) is 151 cm³/mol. The Morgan fingerprint density at radius 2 is 1.45 bits per heavy atom. The fourth-order valence-corrected chi connectivity index (χ4v) is 3.82. The zero-order valence-corrected chi connectivity index (χ0v) is 23.1. The van der Waals surface area contributed by atoms with Gasteiger partial charge in [0.15, 0.2) is 0 Å². The molecule has 0 aliphatic carbocycles. The number of hydrogen-bond acceptors (Lipinski definition) is 6. The third-order valence-electron chi connectivity index (χ3n) is 5.84.